The molecule has 0 fully saturated rings. The second kappa shape index (κ2) is 11.0. The third-order valence-electron chi connectivity index (χ3n) is 5.86. The molecule has 0 saturated carbocycles. The molecule has 1 aromatic carbocycles. The van der Waals surface area contributed by atoms with Crippen LogP contribution in [0.15, 0.2) is 42.6 Å². The fraction of sp³-hybridized carbons (Fsp3) is 0.520. The SMILES string of the molecule is CCOC(=O)C(CCCCc1cccn1C1CCCc2ccccc21)C(=O)OCC. The molecule has 5 heteroatoms. The summed E-state index contributed by atoms with van der Waals surface area (Å²) in [5.41, 5.74) is 4.20. The first kappa shape index (κ1) is 22.1. The van der Waals surface area contributed by atoms with Gasteiger partial charge in [-0.25, -0.2) is 0 Å². The van der Waals surface area contributed by atoms with Gasteiger partial charge in [0.2, 0.25) is 0 Å². The largest absolute Gasteiger partial charge is 0.465 e. The van der Waals surface area contributed by atoms with Crippen molar-refractivity contribution in [3.05, 3.63) is 59.4 Å². The molecule has 1 aliphatic rings. The first-order valence-electron chi connectivity index (χ1n) is 11.2. The van der Waals surface area contributed by atoms with Crippen LogP contribution in [0.5, 0.6) is 0 Å². The fourth-order valence-electron chi connectivity index (χ4n) is 4.43. The van der Waals surface area contributed by atoms with Gasteiger partial charge in [0.1, 0.15) is 0 Å². The smallest absolute Gasteiger partial charge is 0.320 e. The summed E-state index contributed by atoms with van der Waals surface area (Å²) in [7, 11) is 0. The van der Waals surface area contributed by atoms with Crippen LogP contribution >= 0.6 is 0 Å². The molecule has 0 spiro atoms. The van der Waals surface area contributed by atoms with Crippen molar-refractivity contribution in [3.63, 3.8) is 0 Å². The lowest BCUT2D eigenvalue weighted by Gasteiger charge is -2.28. The molecular weight excluding hydrogens is 378 g/mol. The highest BCUT2D eigenvalue weighted by atomic mass is 16.6. The summed E-state index contributed by atoms with van der Waals surface area (Å²) in [4.78, 5) is 24.3. The maximum Gasteiger partial charge on any atom is 0.320 e. The highest BCUT2D eigenvalue weighted by Crippen LogP contribution is 2.34. The maximum absolute atomic E-state index is 12.1. The first-order chi connectivity index (χ1) is 14.7. The molecular formula is C25H33NO4. The zero-order valence-corrected chi connectivity index (χ0v) is 18.1. The van der Waals surface area contributed by atoms with Gasteiger partial charge in [-0.3, -0.25) is 9.59 Å². The molecule has 3 rings (SSSR count). The summed E-state index contributed by atoms with van der Waals surface area (Å²) in [6, 6.07) is 13.5. The lowest BCUT2D eigenvalue weighted by atomic mass is 9.87. The quantitative estimate of drug-likeness (QED) is 0.318. The third-order valence-corrected chi connectivity index (χ3v) is 5.86. The Kier molecular flexibility index (Phi) is 8.12. The molecule has 1 atom stereocenters. The monoisotopic (exact) mass is 411 g/mol. The van der Waals surface area contributed by atoms with Crippen LogP contribution in [-0.2, 0) is 31.9 Å². The van der Waals surface area contributed by atoms with E-state index in [2.05, 4.69) is 47.2 Å². The van der Waals surface area contributed by atoms with Crippen molar-refractivity contribution in [3.8, 4) is 0 Å². The number of nitrogens with zero attached hydrogens (tertiary/aromatic N) is 1. The van der Waals surface area contributed by atoms with Crippen LogP contribution in [0.2, 0.25) is 0 Å². The van der Waals surface area contributed by atoms with E-state index in [1.54, 1.807) is 13.8 Å². The number of unbranched alkanes of at least 4 members (excludes halogenated alkanes) is 1. The molecule has 0 aliphatic heterocycles. The summed E-state index contributed by atoms with van der Waals surface area (Å²) in [6.45, 7) is 4.03. The molecule has 2 aromatic rings. The van der Waals surface area contributed by atoms with Crippen molar-refractivity contribution in [1.82, 2.24) is 4.57 Å². The number of rotatable bonds is 10. The normalized spacial score (nSPS) is 15.6. The number of carbonyl (C=O) groups is 2. The Hall–Kier alpha value is -2.56. The topological polar surface area (TPSA) is 57.5 Å². The molecule has 5 nitrogen and oxygen atoms in total. The number of hydrogen-bond donors (Lipinski definition) is 0. The minimum absolute atomic E-state index is 0.269. The summed E-state index contributed by atoms with van der Waals surface area (Å²) in [5.74, 6) is -1.77. The van der Waals surface area contributed by atoms with Gasteiger partial charge in [0, 0.05) is 11.9 Å². The van der Waals surface area contributed by atoms with Crippen molar-refractivity contribution < 1.29 is 19.1 Å². The standard InChI is InChI=1S/C25H33NO4/c1-3-29-24(27)22(25(28)30-4-2)16-8-6-13-20-14-10-18-26(20)23-17-9-12-19-11-5-7-15-21(19)23/h5,7,10-11,14-15,18,22-23H,3-4,6,8-9,12-13,16-17H2,1-2H3. The lowest BCUT2D eigenvalue weighted by molar-refractivity contribution is -0.161. The van der Waals surface area contributed by atoms with Crippen LogP contribution in [0.1, 0.15) is 68.8 Å². The summed E-state index contributed by atoms with van der Waals surface area (Å²) >= 11 is 0. The number of carbonyl (C=O) groups excluding carboxylic acids is 2. The van der Waals surface area contributed by atoms with E-state index in [1.165, 1.54) is 23.2 Å². The molecule has 1 heterocycles. The highest BCUT2D eigenvalue weighted by molar-refractivity contribution is 5.94. The number of hydrogen-bond acceptors (Lipinski definition) is 4. The van der Waals surface area contributed by atoms with E-state index < -0.39 is 17.9 Å². The molecule has 162 valence electrons. The van der Waals surface area contributed by atoms with Gasteiger partial charge in [-0.05, 0) is 75.6 Å². The minimum atomic E-state index is -0.818. The van der Waals surface area contributed by atoms with Crippen LogP contribution in [-0.4, -0.2) is 29.7 Å². The van der Waals surface area contributed by atoms with Gasteiger partial charge in [0.05, 0.1) is 19.3 Å². The lowest BCUT2D eigenvalue weighted by Crippen LogP contribution is -2.28. The molecule has 0 radical (unpaired) electrons. The van der Waals surface area contributed by atoms with Gasteiger partial charge in [0.15, 0.2) is 5.92 Å². The second-order valence-corrected chi connectivity index (χ2v) is 7.82. The van der Waals surface area contributed by atoms with Gasteiger partial charge in [-0.1, -0.05) is 30.7 Å². The Morgan fingerprint density at radius 2 is 1.77 bits per heavy atom. The van der Waals surface area contributed by atoms with E-state index in [0.717, 1.165) is 32.1 Å². The predicted octanol–water partition coefficient (Wildman–Crippen LogP) is 4.87. The van der Waals surface area contributed by atoms with Crippen LogP contribution < -0.4 is 0 Å². The zero-order chi connectivity index (χ0) is 21.3. The molecule has 0 saturated heterocycles. The molecule has 1 aliphatic carbocycles. The van der Waals surface area contributed by atoms with Crippen molar-refractivity contribution in [2.24, 2.45) is 5.92 Å². The van der Waals surface area contributed by atoms with Gasteiger partial charge in [-0.2, -0.15) is 0 Å². The van der Waals surface area contributed by atoms with Crippen LogP contribution in [0.3, 0.4) is 0 Å². The van der Waals surface area contributed by atoms with Gasteiger partial charge >= 0.3 is 11.9 Å². The Balaban J connectivity index is 1.59. The maximum atomic E-state index is 12.1. The van der Waals surface area contributed by atoms with Gasteiger partial charge < -0.3 is 14.0 Å². The van der Waals surface area contributed by atoms with Crippen LogP contribution in [0.25, 0.3) is 0 Å². The molecule has 0 N–H and O–H groups in total. The first-order valence-corrected chi connectivity index (χ1v) is 11.2. The molecule has 0 amide bonds. The molecule has 0 bridgehead atoms. The number of benzene rings is 1. The summed E-state index contributed by atoms with van der Waals surface area (Å²) in [6.07, 6.45) is 8.78. The average Bonchev–Trinajstić information content (AvgIpc) is 3.21. The van der Waals surface area contributed by atoms with E-state index in [4.69, 9.17) is 9.47 Å². The van der Waals surface area contributed by atoms with Gasteiger partial charge in [0.25, 0.3) is 0 Å². The number of aromatic nitrogens is 1. The van der Waals surface area contributed by atoms with E-state index in [1.807, 2.05) is 0 Å². The van der Waals surface area contributed by atoms with Crippen molar-refractivity contribution in [2.45, 2.75) is 64.8 Å². The number of ether oxygens (including phenoxy) is 2. The fourth-order valence-corrected chi connectivity index (χ4v) is 4.43. The minimum Gasteiger partial charge on any atom is -0.465 e. The van der Waals surface area contributed by atoms with Crippen molar-refractivity contribution in [1.29, 1.82) is 0 Å². The van der Waals surface area contributed by atoms with E-state index in [-0.39, 0.29) is 13.2 Å². The van der Waals surface area contributed by atoms with Gasteiger partial charge in [-0.15, -0.1) is 0 Å². The Bertz CT molecular complexity index is 823. The summed E-state index contributed by atoms with van der Waals surface area (Å²) in [5, 5.41) is 0. The van der Waals surface area contributed by atoms with Crippen molar-refractivity contribution in [2.75, 3.05) is 13.2 Å². The number of fused-ring (bicyclic) bond motifs is 1. The third kappa shape index (κ3) is 5.32. The molecule has 1 unspecified atom stereocenters. The van der Waals surface area contributed by atoms with Crippen LogP contribution in [0, 0.1) is 5.92 Å². The molecule has 1 aromatic heterocycles. The Morgan fingerprint density at radius 1 is 1.03 bits per heavy atom. The Morgan fingerprint density at radius 3 is 2.50 bits per heavy atom. The Labute approximate surface area is 179 Å². The van der Waals surface area contributed by atoms with E-state index in [0.29, 0.717) is 12.5 Å². The second-order valence-electron chi connectivity index (χ2n) is 7.82. The van der Waals surface area contributed by atoms with Crippen molar-refractivity contribution >= 4 is 11.9 Å². The van der Waals surface area contributed by atoms with Crippen LogP contribution in [0.4, 0.5) is 0 Å². The summed E-state index contributed by atoms with van der Waals surface area (Å²) < 4.78 is 12.5. The predicted molar refractivity (Wildman–Crippen MR) is 116 cm³/mol. The van der Waals surface area contributed by atoms with E-state index in [9.17, 15) is 9.59 Å². The molecule has 30 heavy (non-hydrogen) atoms. The average molecular weight is 412 g/mol. The number of aryl methyl sites for hydroxylation is 2. The van der Waals surface area contributed by atoms with E-state index >= 15 is 0 Å². The zero-order valence-electron chi connectivity index (χ0n) is 18.1. The highest BCUT2D eigenvalue weighted by Gasteiger charge is 2.29. The number of esters is 2.